The van der Waals surface area contributed by atoms with Crippen molar-refractivity contribution in [3.05, 3.63) is 60.4 Å². The van der Waals surface area contributed by atoms with Gasteiger partial charge in [0.05, 0.1) is 6.07 Å². The van der Waals surface area contributed by atoms with Gasteiger partial charge in [0.1, 0.15) is 5.54 Å². The molecular formula is C17H19N3S. The van der Waals surface area contributed by atoms with Gasteiger partial charge in [0.25, 0.3) is 0 Å². The normalized spacial score (nSPS) is 13.6. The van der Waals surface area contributed by atoms with Crippen LogP contribution in [-0.2, 0) is 5.54 Å². The van der Waals surface area contributed by atoms with Gasteiger partial charge in [-0.25, -0.2) is 0 Å². The van der Waals surface area contributed by atoms with Crippen LogP contribution in [0.5, 0.6) is 0 Å². The smallest absolute Gasteiger partial charge is 0.141 e. The van der Waals surface area contributed by atoms with Crippen LogP contribution < -0.4 is 5.32 Å². The first-order valence-corrected chi connectivity index (χ1v) is 7.92. The van der Waals surface area contributed by atoms with E-state index in [1.165, 1.54) is 0 Å². The third-order valence-electron chi connectivity index (χ3n) is 3.10. The lowest BCUT2D eigenvalue weighted by Crippen LogP contribution is -2.47. The molecule has 0 aliphatic rings. The number of nitrogens with one attached hydrogen (secondary N) is 1. The third kappa shape index (κ3) is 4.07. The Morgan fingerprint density at radius 3 is 2.43 bits per heavy atom. The molecule has 0 bridgehead atoms. The van der Waals surface area contributed by atoms with Gasteiger partial charge in [0.2, 0.25) is 0 Å². The second-order valence-electron chi connectivity index (χ2n) is 5.15. The van der Waals surface area contributed by atoms with Crippen LogP contribution in [0.4, 0.5) is 0 Å². The van der Waals surface area contributed by atoms with Crippen molar-refractivity contribution in [2.24, 2.45) is 0 Å². The van der Waals surface area contributed by atoms with Crippen molar-refractivity contribution in [2.75, 3.05) is 5.75 Å². The monoisotopic (exact) mass is 297 g/mol. The van der Waals surface area contributed by atoms with E-state index in [4.69, 9.17) is 0 Å². The first-order chi connectivity index (χ1) is 10.2. The lowest BCUT2D eigenvalue weighted by molar-refractivity contribution is 0.425. The number of nitrogens with zero attached hydrogens (tertiary/aromatic N) is 2. The van der Waals surface area contributed by atoms with Crippen molar-refractivity contribution in [1.29, 1.82) is 5.26 Å². The zero-order valence-electron chi connectivity index (χ0n) is 12.3. The van der Waals surface area contributed by atoms with E-state index >= 15 is 0 Å². The molecule has 0 fully saturated rings. The molecule has 1 aromatic heterocycles. The van der Waals surface area contributed by atoms with Crippen molar-refractivity contribution in [1.82, 2.24) is 10.3 Å². The molecule has 1 unspecified atom stereocenters. The highest BCUT2D eigenvalue weighted by Gasteiger charge is 2.32. The fourth-order valence-corrected chi connectivity index (χ4v) is 3.19. The molecule has 0 radical (unpaired) electrons. The van der Waals surface area contributed by atoms with Crippen LogP contribution >= 0.6 is 11.8 Å². The molecule has 0 saturated heterocycles. The summed E-state index contributed by atoms with van der Waals surface area (Å²) in [5.41, 5.74) is 0.311. The molecule has 0 amide bonds. The number of pyridine rings is 1. The minimum absolute atomic E-state index is 0.225. The molecule has 0 saturated carbocycles. The van der Waals surface area contributed by atoms with E-state index in [0.29, 0.717) is 5.75 Å². The van der Waals surface area contributed by atoms with Gasteiger partial charge in [-0.1, -0.05) is 30.3 Å². The van der Waals surface area contributed by atoms with Crippen molar-refractivity contribution in [3.8, 4) is 6.07 Å². The first-order valence-electron chi connectivity index (χ1n) is 6.93. The number of hydrogen-bond acceptors (Lipinski definition) is 4. The number of aromatic nitrogens is 1. The SMILES string of the molecule is CC(C)NC(C#N)(CSc1ccncc1)c1ccccc1. The Morgan fingerprint density at radius 2 is 1.86 bits per heavy atom. The summed E-state index contributed by atoms with van der Waals surface area (Å²) in [4.78, 5) is 5.14. The fraction of sp³-hybridized carbons (Fsp3) is 0.294. The molecule has 0 aliphatic carbocycles. The minimum Gasteiger partial charge on any atom is -0.293 e. The zero-order chi connectivity index (χ0) is 15.1. The molecule has 1 atom stereocenters. The Bertz CT molecular complexity index is 592. The second kappa shape index (κ2) is 7.26. The summed E-state index contributed by atoms with van der Waals surface area (Å²) in [7, 11) is 0. The lowest BCUT2D eigenvalue weighted by atomic mass is 9.92. The van der Waals surface area contributed by atoms with Crippen molar-refractivity contribution >= 4 is 11.8 Å². The van der Waals surface area contributed by atoms with Gasteiger partial charge in [0.15, 0.2) is 0 Å². The third-order valence-corrected chi connectivity index (χ3v) is 4.28. The van der Waals surface area contributed by atoms with Crippen LogP contribution in [0, 0.1) is 11.3 Å². The fourth-order valence-electron chi connectivity index (χ4n) is 2.18. The van der Waals surface area contributed by atoms with Crippen LogP contribution in [0.1, 0.15) is 19.4 Å². The Hall–Kier alpha value is -1.83. The van der Waals surface area contributed by atoms with Crippen LogP contribution in [-0.4, -0.2) is 16.8 Å². The molecule has 1 aromatic carbocycles. The van der Waals surface area contributed by atoms with Gasteiger partial charge >= 0.3 is 0 Å². The highest BCUT2D eigenvalue weighted by Crippen LogP contribution is 2.29. The molecule has 2 rings (SSSR count). The maximum absolute atomic E-state index is 9.82. The average Bonchev–Trinajstić information content (AvgIpc) is 2.53. The Kier molecular flexibility index (Phi) is 5.38. The number of nitriles is 1. The first kappa shape index (κ1) is 15.6. The van der Waals surface area contributed by atoms with E-state index in [2.05, 4.69) is 30.2 Å². The molecule has 4 heteroatoms. The maximum atomic E-state index is 9.82. The topological polar surface area (TPSA) is 48.7 Å². The molecule has 2 aromatic rings. The number of hydrogen-bond donors (Lipinski definition) is 1. The summed E-state index contributed by atoms with van der Waals surface area (Å²) in [5.74, 6) is 0.649. The number of rotatable bonds is 6. The van der Waals surface area contributed by atoms with Crippen molar-refractivity contribution < 1.29 is 0 Å². The Labute approximate surface area is 130 Å². The Balaban J connectivity index is 2.26. The summed E-state index contributed by atoms with van der Waals surface area (Å²) in [6.45, 7) is 4.12. The molecule has 0 aliphatic heterocycles. The van der Waals surface area contributed by atoms with Crippen LogP contribution in [0.25, 0.3) is 0 Å². The summed E-state index contributed by atoms with van der Waals surface area (Å²) < 4.78 is 0. The van der Waals surface area contributed by atoms with Crippen molar-refractivity contribution in [2.45, 2.75) is 30.3 Å². The quantitative estimate of drug-likeness (QED) is 0.828. The standard InChI is InChI=1S/C17H19N3S/c1-14(2)20-17(12-18,15-6-4-3-5-7-15)13-21-16-8-10-19-11-9-16/h3-11,14,20H,13H2,1-2H3. The predicted octanol–water partition coefficient (Wildman–Crippen LogP) is 3.59. The highest BCUT2D eigenvalue weighted by atomic mass is 32.2. The molecule has 21 heavy (non-hydrogen) atoms. The van der Waals surface area contributed by atoms with Gasteiger partial charge in [-0.2, -0.15) is 5.26 Å². The lowest BCUT2D eigenvalue weighted by Gasteiger charge is -2.30. The van der Waals surface area contributed by atoms with Crippen molar-refractivity contribution in [3.63, 3.8) is 0 Å². The zero-order valence-corrected chi connectivity index (χ0v) is 13.1. The van der Waals surface area contributed by atoms with Crippen LogP contribution in [0.15, 0.2) is 59.8 Å². The van der Waals surface area contributed by atoms with E-state index in [-0.39, 0.29) is 6.04 Å². The van der Waals surface area contributed by atoms with E-state index in [1.807, 2.05) is 42.5 Å². The average molecular weight is 297 g/mol. The summed E-state index contributed by atoms with van der Waals surface area (Å²) in [6.07, 6.45) is 3.55. The van der Waals surface area contributed by atoms with E-state index in [1.54, 1.807) is 24.2 Å². The van der Waals surface area contributed by atoms with E-state index in [9.17, 15) is 5.26 Å². The van der Waals surface area contributed by atoms with Gasteiger partial charge in [0, 0.05) is 29.1 Å². The second-order valence-corrected chi connectivity index (χ2v) is 6.20. The van der Waals surface area contributed by atoms with Gasteiger partial charge in [-0.15, -0.1) is 11.8 Å². The van der Waals surface area contributed by atoms with Gasteiger partial charge in [-0.05, 0) is 31.5 Å². The van der Waals surface area contributed by atoms with Crippen LogP contribution in [0.2, 0.25) is 0 Å². The molecule has 1 N–H and O–H groups in total. The van der Waals surface area contributed by atoms with Crippen LogP contribution in [0.3, 0.4) is 0 Å². The van der Waals surface area contributed by atoms with Gasteiger partial charge < -0.3 is 0 Å². The number of thioether (sulfide) groups is 1. The largest absolute Gasteiger partial charge is 0.293 e. The van der Waals surface area contributed by atoms with E-state index in [0.717, 1.165) is 10.5 Å². The molecule has 3 nitrogen and oxygen atoms in total. The summed E-state index contributed by atoms with van der Waals surface area (Å²) in [6, 6.07) is 16.6. The van der Waals surface area contributed by atoms with E-state index < -0.39 is 5.54 Å². The minimum atomic E-state index is -0.691. The number of benzene rings is 1. The molecular weight excluding hydrogens is 278 g/mol. The summed E-state index contributed by atoms with van der Waals surface area (Å²) in [5, 5.41) is 13.3. The highest BCUT2D eigenvalue weighted by molar-refractivity contribution is 7.99. The predicted molar refractivity (Wildman–Crippen MR) is 87.0 cm³/mol. The Morgan fingerprint density at radius 1 is 1.19 bits per heavy atom. The maximum Gasteiger partial charge on any atom is 0.141 e. The molecule has 0 spiro atoms. The molecule has 108 valence electrons. The summed E-state index contributed by atoms with van der Waals surface area (Å²) >= 11 is 1.66. The molecule has 1 heterocycles. The van der Waals surface area contributed by atoms with Gasteiger partial charge in [-0.3, -0.25) is 10.3 Å².